The zero-order chi connectivity index (χ0) is 16.2. The lowest BCUT2D eigenvalue weighted by atomic mass is 10.0. The Hall–Kier alpha value is -1.16. The number of nitrogens with one attached hydrogen (secondary N) is 2. The molecule has 22 heavy (non-hydrogen) atoms. The zero-order valence-electron chi connectivity index (χ0n) is 14.5. The van der Waals surface area contributed by atoms with Crippen molar-refractivity contribution in [2.75, 3.05) is 31.6 Å². The highest BCUT2D eigenvalue weighted by Crippen LogP contribution is 2.15. The number of nitrogens with zero attached hydrogens (tertiary/aromatic N) is 1. The van der Waals surface area contributed by atoms with Crippen LogP contribution >= 0.6 is 11.8 Å². The molecule has 0 saturated heterocycles. The van der Waals surface area contributed by atoms with E-state index in [-0.39, 0.29) is 0 Å². The van der Waals surface area contributed by atoms with Crippen molar-refractivity contribution >= 4 is 17.7 Å². The molecule has 0 aliphatic carbocycles. The van der Waals surface area contributed by atoms with Crippen LogP contribution in [0.1, 0.15) is 43.7 Å². The third-order valence-corrected chi connectivity index (χ3v) is 4.28. The van der Waals surface area contributed by atoms with Crippen molar-refractivity contribution in [3.05, 3.63) is 35.4 Å². The third-order valence-electron chi connectivity index (χ3n) is 3.58. The van der Waals surface area contributed by atoms with Crippen LogP contribution in [0.2, 0.25) is 0 Å². The van der Waals surface area contributed by atoms with Gasteiger partial charge in [-0.15, -0.1) is 0 Å². The summed E-state index contributed by atoms with van der Waals surface area (Å²) in [4.78, 5) is 4.72. The van der Waals surface area contributed by atoms with Gasteiger partial charge in [-0.2, -0.15) is 11.8 Å². The quantitative estimate of drug-likeness (QED) is 0.413. The van der Waals surface area contributed by atoms with Crippen molar-refractivity contribution in [3.63, 3.8) is 0 Å². The zero-order valence-corrected chi connectivity index (χ0v) is 15.3. The second kappa shape index (κ2) is 11.4. The van der Waals surface area contributed by atoms with Gasteiger partial charge in [0.2, 0.25) is 0 Å². The van der Waals surface area contributed by atoms with Gasteiger partial charge in [-0.3, -0.25) is 4.99 Å². The molecule has 0 heterocycles. The molecule has 1 atom stereocenters. The fraction of sp³-hybridized carbons (Fsp3) is 0.611. The molecule has 2 N–H and O–H groups in total. The smallest absolute Gasteiger partial charge is 0.191 e. The fourth-order valence-corrected chi connectivity index (χ4v) is 2.64. The van der Waals surface area contributed by atoms with Crippen LogP contribution in [0.5, 0.6) is 0 Å². The molecule has 1 unspecified atom stereocenters. The number of aryl methyl sites for hydroxylation is 1. The Kier molecular flexibility index (Phi) is 9.80. The molecule has 4 heteroatoms. The largest absolute Gasteiger partial charge is 0.357 e. The van der Waals surface area contributed by atoms with Gasteiger partial charge in [0.25, 0.3) is 0 Å². The van der Waals surface area contributed by atoms with Gasteiger partial charge in [-0.05, 0) is 44.3 Å². The van der Waals surface area contributed by atoms with Crippen LogP contribution in [0, 0.1) is 6.92 Å². The summed E-state index contributed by atoms with van der Waals surface area (Å²) < 4.78 is 0. The first-order chi connectivity index (χ1) is 10.7. The molecule has 1 aromatic carbocycles. The molecule has 0 spiro atoms. The molecular weight excluding hydrogens is 290 g/mol. The van der Waals surface area contributed by atoms with E-state index in [1.165, 1.54) is 29.7 Å². The molecule has 0 fully saturated rings. The number of aliphatic imine (C=N–C) groups is 1. The van der Waals surface area contributed by atoms with Gasteiger partial charge < -0.3 is 10.6 Å². The second-order valence-electron chi connectivity index (χ2n) is 5.66. The summed E-state index contributed by atoms with van der Waals surface area (Å²) in [5.74, 6) is 2.61. The molecule has 0 aliphatic rings. The maximum Gasteiger partial charge on any atom is 0.191 e. The van der Waals surface area contributed by atoms with Crippen LogP contribution in [0.25, 0.3) is 0 Å². The van der Waals surface area contributed by atoms with Gasteiger partial charge in [-0.25, -0.2) is 0 Å². The van der Waals surface area contributed by atoms with Crippen LogP contribution in [0.4, 0.5) is 0 Å². The van der Waals surface area contributed by atoms with Crippen LogP contribution in [-0.4, -0.2) is 37.6 Å². The molecule has 0 saturated carbocycles. The van der Waals surface area contributed by atoms with Gasteiger partial charge >= 0.3 is 0 Å². The number of guanidine groups is 1. The highest BCUT2D eigenvalue weighted by molar-refractivity contribution is 7.98. The molecule has 3 nitrogen and oxygen atoms in total. The Labute approximate surface area is 140 Å². The van der Waals surface area contributed by atoms with Crippen molar-refractivity contribution in [2.45, 2.75) is 39.5 Å². The van der Waals surface area contributed by atoms with Gasteiger partial charge in [0.15, 0.2) is 5.96 Å². The number of rotatable bonds is 9. The third kappa shape index (κ3) is 7.74. The lowest BCUT2D eigenvalue weighted by Gasteiger charge is -2.14. The van der Waals surface area contributed by atoms with Gasteiger partial charge in [0.05, 0.1) is 0 Å². The van der Waals surface area contributed by atoms with E-state index in [9.17, 15) is 0 Å². The maximum atomic E-state index is 4.72. The van der Waals surface area contributed by atoms with E-state index in [4.69, 9.17) is 4.99 Å². The fourth-order valence-electron chi connectivity index (χ4n) is 2.15. The van der Waals surface area contributed by atoms with E-state index in [1.807, 2.05) is 11.8 Å². The number of thioether (sulfide) groups is 1. The molecule has 1 rings (SSSR count). The highest BCUT2D eigenvalue weighted by Gasteiger charge is 2.05. The van der Waals surface area contributed by atoms with Crippen LogP contribution < -0.4 is 10.6 Å². The van der Waals surface area contributed by atoms with Gasteiger partial charge in [-0.1, -0.05) is 36.8 Å². The molecule has 0 aromatic heterocycles. The predicted molar refractivity (Wildman–Crippen MR) is 101 cm³/mol. The molecule has 124 valence electrons. The molecule has 1 aromatic rings. The monoisotopic (exact) mass is 321 g/mol. The first-order valence-electron chi connectivity index (χ1n) is 8.25. The average molecular weight is 322 g/mol. The lowest BCUT2D eigenvalue weighted by molar-refractivity contribution is 0.719. The summed E-state index contributed by atoms with van der Waals surface area (Å²) in [7, 11) is 0. The Morgan fingerprint density at radius 3 is 2.55 bits per heavy atom. The van der Waals surface area contributed by atoms with Crippen LogP contribution in [-0.2, 0) is 0 Å². The van der Waals surface area contributed by atoms with E-state index in [0.717, 1.165) is 25.6 Å². The number of hydrogen-bond donors (Lipinski definition) is 2. The minimum atomic E-state index is 0.438. The Balaban J connectivity index is 2.44. The summed E-state index contributed by atoms with van der Waals surface area (Å²) in [5, 5.41) is 6.75. The molecular formula is C18H31N3S. The van der Waals surface area contributed by atoms with E-state index in [2.05, 4.69) is 61.9 Å². The minimum Gasteiger partial charge on any atom is -0.357 e. The highest BCUT2D eigenvalue weighted by atomic mass is 32.2. The number of unbranched alkanes of at least 4 members (excludes halogenated alkanes) is 1. The SMILES string of the molecule is CCNC(=NCC(C)c1ccc(C)cc1)NCCCCSC. The van der Waals surface area contributed by atoms with Gasteiger partial charge in [0, 0.05) is 25.6 Å². The van der Waals surface area contributed by atoms with E-state index in [1.54, 1.807) is 0 Å². The second-order valence-corrected chi connectivity index (χ2v) is 6.64. The van der Waals surface area contributed by atoms with Crippen molar-refractivity contribution in [2.24, 2.45) is 4.99 Å². The van der Waals surface area contributed by atoms with Crippen molar-refractivity contribution in [1.82, 2.24) is 10.6 Å². The van der Waals surface area contributed by atoms with Crippen LogP contribution in [0.3, 0.4) is 0 Å². The number of hydrogen-bond acceptors (Lipinski definition) is 2. The Bertz CT molecular complexity index is 428. The topological polar surface area (TPSA) is 36.4 Å². The molecule has 0 bridgehead atoms. The first kappa shape index (κ1) is 18.9. The summed E-state index contributed by atoms with van der Waals surface area (Å²) in [6, 6.07) is 8.76. The minimum absolute atomic E-state index is 0.438. The molecule has 0 amide bonds. The van der Waals surface area contributed by atoms with E-state index in [0.29, 0.717) is 5.92 Å². The van der Waals surface area contributed by atoms with Crippen molar-refractivity contribution in [3.8, 4) is 0 Å². The standard InChI is InChI=1S/C18H31N3S/c1-5-19-18(20-12-6-7-13-22-4)21-14-16(3)17-10-8-15(2)9-11-17/h8-11,16H,5-7,12-14H2,1-4H3,(H2,19,20,21). The predicted octanol–water partition coefficient (Wildman–Crippen LogP) is 3.80. The average Bonchev–Trinajstić information content (AvgIpc) is 2.52. The number of benzene rings is 1. The normalized spacial score (nSPS) is 13.0. The van der Waals surface area contributed by atoms with Gasteiger partial charge in [0.1, 0.15) is 0 Å². The lowest BCUT2D eigenvalue weighted by Crippen LogP contribution is -2.38. The van der Waals surface area contributed by atoms with Crippen LogP contribution in [0.15, 0.2) is 29.3 Å². The van der Waals surface area contributed by atoms with Crippen molar-refractivity contribution in [1.29, 1.82) is 0 Å². The summed E-state index contributed by atoms with van der Waals surface area (Å²) >= 11 is 1.91. The Morgan fingerprint density at radius 1 is 1.18 bits per heavy atom. The molecule has 0 aliphatic heterocycles. The van der Waals surface area contributed by atoms with Crippen molar-refractivity contribution < 1.29 is 0 Å². The first-order valence-corrected chi connectivity index (χ1v) is 9.64. The maximum absolute atomic E-state index is 4.72. The Morgan fingerprint density at radius 2 is 1.91 bits per heavy atom. The summed E-state index contributed by atoms with van der Waals surface area (Å²) in [6.07, 6.45) is 4.61. The molecule has 0 radical (unpaired) electrons. The summed E-state index contributed by atoms with van der Waals surface area (Å²) in [6.45, 7) is 9.16. The van der Waals surface area contributed by atoms with E-state index >= 15 is 0 Å². The van der Waals surface area contributed by atoms with E-state index < -0.39 is 0 Å². The summed E-state index contributed by atoms with van der Waals surface area (Å²) in [5.41, 5.74) is 2.66.